The van der Waals surface area contributed by atoms with Crippen molar-refractivity contribution >= 4 is 17.8 Å². The number of hydrogen-bond acceptors (Lipinski definition) is 3. The molecule has 3 fully saturated rings. The molecule has 1 aromatic carbocycles. The summed E-state index contributed by atoms with van der Waals surface area (Å²) in [5.41, 5.74) is -1.66. The lowest BCUT2D eigenvalue weighted by molar-refractivity contribution is -0.149. The molecule has 0 bridgehead atoms. The molecule has 3 aliphatic rings. The number of aliphatic carboxylic acids is 1. The Balaban J connectivity index is 1.54. The van der Waals surface area contributed by atoms with Gasteiger partial charge in [0.15, 0.2) is 11.6 Å². The number of rotatable bonds is 3. The summed E-state index contributed by atoms with van der Waals surface area (Å²) in [6, 6.07) is 3.36. The fraction of sp³-hybridized carbons (Fsp3) is 0.526. The van der Waals surface area contributed by atoms with E-state index in [2.05, 4.69) is 0 Å². The van der Waals surface area contributed by atoms with Gasteiger partial charge in [0.25, 0.3) is 5.91 Å². The highest BCUT2D eigenvalue weighted by molar-refractivity contribution is 5.95. The molecule has 1 aromatic rings. The standard InChI is InChI=1S/C19H20F2N2O4/c20-14-6-2-5-13(15(14)21)17(25)23-8-12-7-22(16(24)11-3-1-4-11)9-19(12,10-23)18(26)27/h2,5-6,11-12H,1,3-4,7-10H2,(H,26,27)/t12-,19-/m0/s1. The maximum atomic E-state index is 14.0. The number of nitrogens with zero attached hydrogens (tertiary/aromatic N) is 2. The lowest BCUT2D eigenvalue weighted by Crippen LogP contribution is -2.45. The number of fused-ring (bicyclic) bond motifs is 1. The third-order valence-corrected chi connectivity index (χ3v) is 6.27. The van der Waals surface area contributed by atoms with Gasteiger partial charge in [0.2, 0.25) is 5.91 Å². The topological polar surface area (TPSA) is 77.9 Å². The third-order valence-electron chi connectivity index (χ3n) is 6.27. The smallest absolute Gasteiger partial charge is 0.313 e. The Morgan fingerprint density at radius 2 is 1.74 bits per heavy atom. The fourth-order valence-corrected chi connectivity index (χ4v) is 4.44. The molecule has 0 aromatic heterocycles. The summed E-state index contributed by atoms with van der Waals surface area (Å²) in [6.07, 6.45) is 2.69. The summed E-state index contributed by atoms with van der Waals surface area (Å²) in [7, 11) is 0. The molecule has 8 heteroatoms. The molecule has 27 heavy (non-hydrogen) atoms. The van der Waals surface area contributed by atoms with Gasteiger partial charge in [-0.3, -0.25) is 14.4 Å². The summed E-state index contributed by atoms with van der Waals surface area (Å²) in [5, 5.41) is 9.84. The molecule has 2 atom stereocenters. The number of halogens is 2. The molecular weight excluding hydrogens is 358 g/mol. The highest BCUT2D eigenvalue weighted by atomic mass is 19.2. The maximum absolute atomic E-state index is 14.0. The van der Waals surface area contributed by atoms with Crippen LogP contribution in [0.5, 0.6) is 0 Å². The second-order valence-electron chi connectivity index (χ2n) is 7.79. The van der Waals surface area contributed by atoms with Gasteiger partial charge in [0, 0.05) is 38.0 Å². The highest BCUT2D eigenvalue weighted by Crippen LogP contribution is 2.44. The number of likely N-dealkylation sites (tertiary alicyclic amines) is 2. The van der Waals surface area contributed by atoms with Gasteiger partial charge in [-0.1, -0.05) is 12.5 Å². The Labute approximate surface area is 154 Å². The van der Waals surface area contributed by atoms with Crippen LogP contribution in [-0.2, 0) is 9.59 Å². The quantitative estimate of drug-likeness (QED) is 0.869. The van der Waals surface area contributed by atoms with Gasteiger partial charge in [-0.25, -0.2) is 8.78 Å². The zero-order valence-electron chi connectivity index (χ0n) is 14.7. The van der Waals surface area contributed by atoms with E-state index >= 15 is 0 Å². The first-order chi connectivity index (χ1) is 12.8. The molecule has 0 spiro atoms. The Kier molecular flexibility index (Phi) is 4.16. The molecule has 1 saturated carbocycles. The number of carboxylic acid groups (broad SMARTS) is 1. The van der Waals surface area contributed by atoms with Crippen LogP contribution in [0.3, 0.4) is 0 Å². The second kappa shape index (κ2) is 6.28. The molecule has 144 valence electrons. The molecule has 2 saturated heterocycles. The predicted molar refractivity (Wildman–Crippen MR) is 89.7 cm³/mol. The zero-order valence-corrected chi connectivity index (χ0v) is 14.7. The molecule has 0 unspecified atom stereocenters. The van der Waals surface area contributed by atoms with Crippen molar-refractivity contribution in [2.24, 2.45) is 17.3 Å². The third kappa shape index (κ3) is 2.69. The number of amides is 2. The number of hydrogen-bond donors (Lipinski definition) is 1. The summed E-state index contributed by atoms with van der Waals surface area (Å²) >= 11 is 0. The Morgan fingerprint density at radius 1 is 1.07 bits per heavy atom. The van der Waals surface area contributed by atoms with Crippen LogP contribution in [0, 0.1) is 28.9 Å². The summed E-state index contributed by atoms with van der Waals surface area (Å²) in [6.45, 7) is 0.320. The van der Waals surface area contributed by atoms with Crippen molar-refractivity contribution in [2.75, 3.05) is 26.2 Å². The summed E-state index contributed by atoms with van der Waals surface area (Å²) in [4.78, 5) is 40.1. The largest absolute Gasteiger partial charge is 0.481 e. The normalized spacial score (nSPS) is 27.4. The van der Waals surface area contributed by atoms with Gasteiger partial charge in [-0.05, 0) is 25.0 Å². The first-order valence-electron chi connectivity index (χ1n) is 9.09. The summed E-state index contributed by atoms with van der Waals surface area (Å²) in [5.74, 6) is -4.58. The Morgan fingerprint density at radius 3 is 2.33 bits per heavy atom. The number of benzene rings is 1. The van der Waals surface area contributed by atoms with E-state index < -0.39 is 40.4 Å². The van der Waals surface area contributed by atoms with E-state index in [1.807, 2.05) is 0 Å². The van der Waals surface area contributed by atoms with Crippen molar-refractivity contribution in [1.29, 1.82) is 0 Å². The minimum atomic E-state index is -1.25. The monoisotopic (exact) mass is 378 g/mol. The predicted octanol–water partition coefficient (Wildman–Crippen LogP) is 1.75. The van der Waals surface area contributed by atoms with Gasteiger partial charge < -0.3 is 14.9 Å². The lowest BCUT2D eigenvalue weighted by Gasteiger charge is -2.31. The van der Waals surface area contributed by atoms with Crippen LogP contribution in [-0.4, -0.2) is 58.9 Å². The van der Waals surface area contributed by atoms with E-state index in [0.29, 0.717) is 0 Å². The lowest BCUT2D eigenvalue weighted by atomic mass is 9.81. The van der Waals surface area contributed by atoms with Crippen LogP contribution in [0.2, 0.25) is 0 Å². The van der Waals surface area contributed by atoms with Crippen molar-refractivity contribution in [3.8, 4) is 0 Å². The highest BCUT2D eigenvalue weighted by Gasteiger charge is 2.60. The average molecular weight is 378 g/mol. The molecule has 2 amide bonds. The molecular formula is C19H20F2N2O4. The van der Waals surface area contributed by atoms with Crippen molar-refractivity contribution < 1.29 is 28.3 Å². The first-order valence-corrected chi connectivity index (χ1v) is 9.09. The van der Waals surface area contributed by atoms with Crippen molar-refractivity contribution in [3.63, 3.8) is 0 Å². The van der Waals surface area contributed by atoms with E-state index in [0.717, 1.165) is 25.3 Å². The van der Waals surface area contributed by atoms with E-state index in [4.69, 9.17) is 0 Å². The first kappa shape index (κ1) is 17.9. The van der Waals surface area contributed by atoms with Crippen LogP contribution in [0.25, 0.3) is 0 Å². The second-order valence-corrected chi connectivity index (χ2v) is 7.79. The van der Waals surface area contributed by atoms with Crippen LogP contribution < -0.4 is 0 Å². The van der Waals surface area contributed by atoms with Gasteiger partial charge in [-0.2, -0.15) is 0 Å². The number of carbonyl (C=O) groups is 3. The minimum absolute atomic E-state index is 0.00896. The Bertz CT molecular complexity index is 826. The van der Waals surface area contributed by atoms with Crippen LogP contribution in [0.15, 0.2) is 18.2 Å². The van der Waals surface area contributed by atoms with Crippen molar-refractivity contribution in [3.05, 3.63) is 35.4 Å². The molecule has 0 radical (unpaired) electrons. The van der Waals surface area contributed by atoms with Crippen molar-refractivity contribution in [1.82, 2.24) is 9.80 Å². The minimum Gasteiger partial charge on any atom is -0.481 e. The Hall–Kier alpha value is -2.51. The number of carboxylic acids is 1. The molecule has 1 N–H and O–H groups in total. The van der Waals surface area contributed by atoms with E-state index in [9.17, 15) is 28.3 Å². The van der Waals surface area contributed by atoms with Gasteiger partial charge in [0.05, 0.1) is 5.56 Å². The zero-order chi connectivity index (χ0) is 19.3. The fourth-order valence-electron chi connectivity index (χ4n) is 4.44. The average Bonchev–Trinajstić information content (AvgIpc) is 3.10. The molecule has 4 rings (SSSR count). The van der Waals surface area contributed by atoms with Crippen LogP contribution >= 0.6 is 0 Å². The maximum Gasteiger partial charge on any atom is 0.313 e. The molecule has 2 aliphatic heterocycles. The molecule has 6 nitrogen and oxygen atoms in total. The SMILES string of the molecule is O=C(c1cccc(F)c1F)N1C[C@@H]2CN(C(=O)C3CCC3)C[C@]2(C(=O)O)C1. The van der Waals surface area contributed by atoms with E-state index in [1.165, 1.54) is 17.0 Å². The van der Waals surface area contributed by atoms with Crippen LogP contribution in [0.4, 0.5) is 8.78 Å². The van der Waals surface area contributed by atoms with E-state index in [1.54, 1.807) is 4.90 Å². The van der Waals surface area contributed by atoms with E-state index in [-0.39, 0.29) is 38.0 Å². The van der Waals surface area contributed by atoms with Gasteiger partial charge in [-0.15, -0.1) is 0 Å². The van der Waals surface area contributed by atoms with Gasteiger partial charge >= 0.3 is 5.97 Å². The molecule has 1 aliphatic carbocycles. The summed E-state index contributed by atoms with van der Waals surface area (Å²) < 4.78 is 27.4. The van der Waals surface area contributed by atoms with Crippen LogP contribution in [0.1, 0.15) is 29.6 Å². The number of carbonyl (C=O) groups excluding carboxylic acids is 2. The molecule has 2 heterocycles. The van der Waals surface area contributed by atoms with Crippen molar-refractivity contribution in [2.45, 2.75) is 19.3 Å². The van der Waals surface area contributed by atoms with Gasteiger partial charge in [0.1, 0.15) is 5.41 Å².